The SMILES string of the molecule is Cc1cc(OCc2nnc(NC(=O)Nc3ccc(C(C)(C)C)cc3)s2)ccc1Cl. The fourth-order valence-electron chi connectivity index (χ4n) is 2.53. The van der Waals surface area contributed by atoms with Gasteiger partial charge in [0.25, 0.3) is 0 Å². The number of aromatic nitrogens is 2. The van der Waals surface area contributed by atoms with E-state index in [9.17, 15) is 4.79 Å². The van der Waals surface area contributed by atoms with E-state index >= 15 is 0 Å². The second kappa shape index (κ2) is 8.80. The third-order valence-corrected chi connectivity index (χ3v) is 5.42. The summed E-state index contributed by atoms with van der Waals surface area (Å²) in [4.78, 5) is 12.2. The van der Waals surface area contributed by atoms with E-state index in [2.05, 4.69) is 41.6 Å². The first-order valence-corrected chi connectivity index (χ1v) is 10.3. The minimum Gasteiger partial charge on any atom is -0.486 e. The van der Waals surface area contributed by atoms with Crippen molar-refractivity contribution in [3.05, 3.63) is 63.6 Å². The fourth-order valence-corrected chi connectivity index (χ4v) is 3.29. The molecule has 29 heavy (non-hydrogen) atoms. The number of hydrogen-bond donors (Lipinski definition) is 2. The first kappa shape index (κ1) is 21.1. The van der Waals surface area contributed by atoms with Crippen molar-refractivity contribution in [2.75, 3.05) is 10.6 Å². The Balaban J connectivity index is 1.52. The molecule has 0 aliphatic carbocycles. The van der Waals surface area contributed by atoms with Crippen LogP contribution in [0, 0.1) is 6.92 Å². The zero-order valence-corrected chi connectivity index (χ0v) is 18.3. The van der Waals surface area contributed by atoms with Crippen LogP contribution in [0.2, 0.25) is 5.02 Å². The van der Waals surface area contributed by atoms with E-state index in [0.717, 1.165) is 5.56 Å². The summed E-state index contributed by atoms with van der Waals surface area (Å²) in [5.74, 6) is 0.702. The number of carbonyl (C=O) groups is 1. The van der Waals surface area contributed by atoms with Gasteiger partial charge in [-0.05, 0) is 53.8 Å². The second-order valence-electron chi connectivity index (χ2n) is 7.61. The fraction of sp³-hybridized carbons (Fsp3) is 0.286. The molecular weight excluding hydrogens is 408 g/mol. The van der Waals surface area contributed by atoms with Gasteiger partial charge in [0, 0.05) is 10.7 Å². The number of urea groups is 1. The molecule has 0 bridgehead atoms. The van der Waals surface area contributed by atoms with E-state index in [1.165, 1.54) is 16.9 Å². The maximum absolute atomic E-state index is 12.2. The molecule has 2 N–H and O–H groups in total. The molecule has 1 aromatic heterocycles. The van der Waals surface area contributed by atoms with Gasteiger partial charge in [0.2, 0.25) is 5.13 Å². The van der Waals surface area contributed by atoms with Crippen molar-refractivity contribution in [2.24, 2.45) is 0 Å². The lowest BCUT2D eigenvalue weighted by molar-refractivity contribution is 0.262. The van der Waals surface area contributed by atoms with Gasteiger partial charge in [-0.15, -0.1) is 10.2 Å². The highest BCUT2D eigenvalue weighted by molar-refractivity contribution is 7.15. The minimum absolute atomic E-state index is 0.0660. The van der Waals surface area contributed by atoms with Gasteiger partial charge in [0.05, 0.1) is 0 Å². The number of amides is 2. The Bertz CT molecular complexity index is 997. The highest BCUT2D eigenvalue weighted by Crippen LogP contribution is 2.24. The molecule has 0 radical (unpaired) electrons. The molecule has 6 nitrogen and oxygen atoms in total. The Morgan fingerprint density at radius 3 is 2.48 bits per heavy atom. The number of hydrogen-bond acceptors (Lipinski definition) is 5. The number of benzene rings is 2. The summed E-state index contributed by atoms with van der Waals surface area (Å²) >= 11 is 7.27. The van der Waals surface area contributed by atoms with Crippen molar-refractivity contribution in [2.45, 2.75) is 39.7 Å². The number of rotatable bonds is 5. The van der Waals surface area contributed by atoms with Crippen LogP contribution in [0.3, 0.4) is 0 Å². The summed E-state index contributed by atoms with van der Waals surface area (Å²) < 4.78 is 5.70. The molecule has 0 atom stereocenters. The number of ether oxygens (including phenoxy) is 1. The lowest BCUT2D eigenvalue weighted by Gasteiger charge is -2.19. The van der Waals surface area contributed by atoms with Gasteiger partial charge in [0.15, 0.2) is 5.01 Å². The molecule has 152 valence electrons. The smallest absolute Gasteiger partial charge is 0.325 e. The molecule has 0 aliphatic heterocycles. The van der Waals surface area contributed by atoms with Crippen LogP contribution in [0.25, 0.3) is 0 Å². The number of aryl methyl sites for hydroxylation is 1. The second-order valence-corrected chi connectivity index (χ2v) is 9.08. The van der Waals surface area contributed by atoms with Crippen LogP contribution in [-0.4, -0.2) is 16.2 Å². The van der Waals surface area contributed by atoms with Crippen LogP contribution in [0.5, 0.6) is 5.75 Å². The van der Waals surface area contributed by atoms with Gasteiger partial charge in [-0.3, -0.25) is 5.32 Å². The van der Waals surface area contributed by atoms with Crippen molar-refractivity contribution in [3.63, 3.8) is 0 Å². The van der Waals surface area contributed by atoms with E-state index in [1.54, 1.807) is 12.1 Å². The zero-order valence-electron chi connectivity index (χ0n) is 16.7. The quantitative estimate of drug-likeness (QED) is 0.518. The molecule has 0 saturated heterocycles. The first-order valence-electron chi connectivity index (χ1n) is 9.10. The number of anilines is 2. The Hall–Kier alpha value is -2.64. The van der Waals surface area contributed by atoms with Crippen molar-refractivity contribution in [3.8, 4) is 5.75 Å². The van der Waals surface area contributed by atoms with Gasteiger partial charge >= 0.3 is 6.03 Å². The van der Waals surface area contributed by atoms with Crippen molar-refractivity contribution >= 4 is 39.8 Å². The van der Waals surface area contributed by atoms with Gasteiger partial charge in [0.1, 0.15) is 12.4 Å². The Labute approximate surface area is 179 Å². The molecule has 3 rings (SSSR count). The van der Waals surface area contributed by atoms with Crippen LogP contribution >= 0.6 is 22.9 Å². The molecule has 0 fully saturated rings. The summed E-state index contributed by atoms with van der Waals surface area (Å²) in [7, 11) is 0. The largest absolute Gasteiger partial charge is 0.486 e. The van der Waals surface area contributed by atoms with Crippen molar-refractivity contribution in [1.29, 1.82) is 0 Å². The van der Waals surface area contributed by atoms with Crippen LogP contribution in [0.1, 0.15) is 36.9 Å². The average molecular weight is 431 g/mol. The number of nitrogens with one attached hydrogen (secondary N) is 2. The molecule has 0 unspecified atom stereocenters. The summed E-state index contributed by atoms with van der Waals surface area (Å²) in [5, 5.41) is 15.3. The molecule has 1 heterocycles. The average Bonchev–Trinajstić information content (AvgIpc) is 3.09. The molecule has 0 saturated carbocycles. The first-order chi connectivity index (χ1) is 13.7. The Morgan fingerprint density at radius 2 is 1.83 bits per heavy atom. The standard InChI is InChI=1S/C21H23ClN4O2S/c1-13-11-16(9-10-17(13)22)28-12-18-25-26-20(29-18)24-19(27)23-15-7-5-14(6-8-15)21(2,3)4/h5-11H,12H2,1-4H3,(H2,23,24,26,27). The van der Waals surface area contributed by atoms with E-state index in [0.29, 0.717) is 26.6 Å². The van der Waals surface area contributed by atoms with Crippen LogP contribution in [-0.2, 0) is 12.0 Å². The van der Waals surface area contributed by atoms with Gasteiger partial charge in [-0.25, -0.2) is 4.79 Å². The summed E-state index contributed by atoms with van der Waals surface area (Å²) in [5.41, 5.74) is 2.92. The van der Waals surface area contributed by atoms with Crippen LogP contribution in [0.15, 0.2) is 42.5 Å². The monoisotopic (exact) mass is 430 g/mol. The van der Waals surface area contributed by atoms with Crippen molar-refractivity contribution in [1.82, 2.24) is 10.2 Å². The van der Waals surface area contributed by atoms with E-state index < -0.39 is 0 Å². The molecule has 0 spiro atoms. The Morgan fingerprint density at radius 1 is 1.10 bits per heavy atom. The summed E-state index contributed by atoms with van der Waals surface area (Å²) in [6.07, 6.45) is 0. The molecule has 8 heteroatoms. The topological polar surface area (TPSA) is 76.1 Å². The highest BCUT2D eigenvalue weighted by Gasteiger charge is 2.14. The van der Waals surface area contributed by atoms with Crippen LogP contribution in [0.4, 0.5) is 15.6 Å². The predicted octanol–water partition coefficient (Wildman–Crippen LogP) is 6.02. The number of nitrogens with zero attached hydrogens (tertiary/aromatic N) is 2. The third kappa shape index (κ3) is 5.92. The Kier molecular flexibility index (Phi) is 6.39. The van der Waals surface area contributed by atoms with Gasteiger partial charge in [-0.1, -0.05) is 55.8 Å². The molecule has 3 aromatic rings. The summed E-state index contributed by atoms with van der Waals surface area (Å²) in [6, 6.07) is 12.9. The lowest BCUT2D eigenvalue weighted by Crippen LogP contribution is -2.19. The molecule has 2 amide bonds. The van der Waals surface area contributed by atoms with Crippen LogP contribution < -0.4 is 15.4 Å². The zero-order chi connectivity index (χ0) is 21.0. The third-order valence-electron chi connectivity index (χ3n) is 4.19. The van der Waals surface area contributed by atoms with Crippen molar-refractivity contribution < 1.29 is 9.53 Å². The lowest BCUT2D eigenvalue weighted by atomic mass is 9.87. The van der Waals surface area contributed by atoms with E-state index in [-0.39, 0.29) is 18.1 Å². The maximum atomic E-state index is 12.2. The van der Waals surface area contributed by atoms with E-state index in [1.807, 2.05) is 37.3 Å². The molecular formula is C21H23ClN4O2S. The molecule has 0 aliphatic rings. The summed E-state index contributed by atoms with van der Waals surface area (Å²) in [6.45, 7) is 8.61. The highest BCUT2D eigenvalue weighted by atomic mass is 35.5. The molecule has 2 aromatic carbocycles. The predicted molar refractivity (Wildman–Crippen MR) is 118 cm³/mol. The number of halogens is 1. The number of carbonyl (C=O) groups excluding carboxylic acids is 1. The van der Waals surface area contributed by atoms with E-state index in [4.69, 9.17) is 16.3 Å². The minimum atomic E-state index is -0.370. The maximum Gasteiger partial charge on any atom is 0.325 e. The van der Waals surface area contributed by atoms with Gasteiger partial charge in [-0.2, -0.15) is 0 Å². The normalized spacial score (nSPS) is 11.2. The van der Waals surface area contributed by atoms with Gasteiger partial charge < -0.3 is 10.1 Å².